The monoisotopic (exact) mass is 162 g/mol. The van der Waals surface area contributed by atoms with Crippen molar-refractivity contribution in [1.29, 1.82) is 0 Å². The highest BCUT2D eigenvalue weighted by atomic mass is 16.5. The molecule has 1 rings (SSSR count). The number of aliphatic hydroxyl groups excluding tert-OH is 2. The van der Waals surface area contributed by atoms with Crippen LogP contribution in [0.1, 0.15) is 0 Å². The Morgan fingerprint density at radius 1 is 1.36 bits per heavy atom. The average molecular weight is 162 g/mol. The molecule has 0 aromatic heterocycles. The van der Waals surface area contributed by atoms with Gasteiger partial charge in [-0.15, -0.1) is 0 Å². The third-order valence-corrected chi connectivity index (χ3v) is 1.90. The lowest BCUT2D eigenvalue weighted by Crippen LogP contribution is -2.58. The maximum atomic E-state index is 9.27. The highest BCUT2D eigenvalue weighted by Gasteiger charge is 2.35. The molecule has 6 N–H and O–H groups in total. The van der Waals surface area contributed by atoms with Gasteiger partial charge in [0.15, 0.2) is 0 Å². The van der Waals surface area contributed by atoms with Gasteiger partial charge in [-0.3, -0.25) is 0 Å². The van der Waals surface area contributed by atoms with Gasteiger partial charge in [0.25, 0.3) is 0 Å². The van der Waals surface area contributed by atoms with Crippen LogP contribution in [0.25, 0.3) is 0 Å². The second-order valence-corrected chi connectivity index (χ2v) is 2.75. The number of nitrogens with two attached hydrogens (primary N) is 2. The van der Waals surface area contributed by atoms with Crippen LogP contribution >= 0.6 is 0 Å². The summed E-state index contributed by atoms with van der Waals surface area (Å²) in [6, 6.07) is -0.507. The fourth-order valence-electron chi connectivity index (χ4n) is 1.11. The van der Waals surface area contributed by atoms with E-state index >= 15 is 0 Å². The second kappa shape index (κ2) is 3.46. The molecule has 0 aliphatic carbocycles. The van der Waals surface area contributed by atoms with Crippen molar-refractivity contribution in [2.45, 2.75) is 24.4 Å². The van der Waals surface area contributed by atoms with Crippen LogP contribution in [0.4, 0.5) is 0 Å². The fraction of sp³-hybridized carbons (Fsp3) is 1.00. The van der Waals surface area contributed by atoms with Crippen LogP contribution < -0.4 is 11.5 Å². The first kappa shape index (κ1) is 8.89. The summed E-state index contributed by atoms with van der Waals surface area (Å²) in [4.78, 5) is 0. The van der Waals surface area contributed by atoms with E-state index in [0.717, 1.165) is 0 Å². The third kappa shape index (κ3) is 1.69. The van der Waals surface area contributed by atoms with Crippen molar-refractivity contribution >= 4 is 0 Å². The van der Waals surface area contributed by atoms with Crippen LogP contribution in [0.5, 0.6) is 0 Å². The summed E-state index contributed by atoms with van der Waals surface area (Å²) in [7, 11) is 0. The van der Waals surface area contributed by atoms with Gasteiger partial charge in [0.05, 0.1) is 24.9 Å². The molecule has 1 aliphatic heterocycles. The van der Waals surface area contributed by atoms with Crippen molar-refractivity contribution in [3.63, 3.8) is 0 Å². The number of hydrogen-bond donors (Lipinski definition) is 4. The van der Waals surface area contributed by atoms with E-state index in [1.54, 1.807) is 0 Å². The Morgan fingerprint density at radius 3 is 2.55 bits per heavy atom. The van der Waals surface area contributed by atoms with Crippen LogP contribution in [0, 0.1) is 0 Å². The maximum Gasteiger partial charge on any atom is 0.109 e. The Morgan fingerprint density at radius 2 is 2.00 bits per heavy atom. The quantitative estimate of drug-likeness (QED) is 0.338. The van der Waals surface area contributed by atoms with Crippen LogP contribution in [-0.4, -0.2) is 47.7 Å². The Balaban J connectivity index is 2.52. The van der Waals surface area contributed by atoms with Crippen molar-refractivity contribution in [3.05, 3.63) is 0 Å². The lowest BCUT2D eigenvalue weighted by molar-refractivity contribution is -0.139. The molecule has 5 nitrogen and oxygen atoms in total. The maximum absolute atomic E-state index is 9.27. The highest BCUT2D eigenvalue weighted by molar-refractivity contribution is 4.88. The molecule has 0 aromatic rings. The molecule has 1 heterocycles. The average Bonchev–Trinajstić information content (AvgIpc) is 2.01. The Bertz CT molecular complexity index is 131. The van der Waals surface area contributed by atoms with E-state index in [4.69, 9.17) is 16.2 Å². The summed E-state index contributed by atoms with van der Waals surface area (Å²) in [5.74, 6) is 0. The van der Waals surface area contributed by atoms with Gasteiger partial charge in [-0.05, 0) is 0 Å². The van der Waals surface area contributed by atoms with Gasteiger partial charge in [-0.25, -0.2) is 0 Å². The largest absolute Gasteiger partial charge is 0.389 e. The van der Waals surface area contributed by atoms with Gasteiger partial charge in [0, 0.05) is 6.54 Å². The summed E-state index contributed by atoms with van der Waals surface area (Å²) < 4.78 is 5.06. The van der Waals surface area contributed by atoms with Crippen molar-refractivity contribution in [2.24, 2.45) is 11.5 Å². The Labute approximate surface area is 64.9 Å². The molecule has 0 bridgehead atoms. The summed E-state index contributed by atoms with van der Waals surface area (Å²) in [6.45, 7) is 0.449. The number of rotatable bonds is 1. The highest BCUT2D eigenvalue weighted by Crippen LogP contribution is 2.12. The predicted octanol–water partition coefficient (Wildman–Crippen LogP) is -2.61. The smallest absolute Gasteiger partial charge is 0.109 e. The number of ether oxygens (including phenoxy) is 1. The summed E-state index contributed by atoms with van der Waals surface area (Å²) in [6.07, 6.45) is -2.36. The van der Waals surface area contributed by atoms with Crippen LogP contribution in [-0.2, 0) is 4.74 Å². The van der Waals surface area contributed by atoms with E-state index in [-0.39, 0.29) is 13.2 Å². The Hall–Kier alpha value is -0.200. The molecule has 66 valence electrons. The molecule has 1 fully saturated rings. The van der Waals surface area contributed by atoms with E-state index in [2.05, 4.69) is 0 Å². The minimum Gasteiger partial charge on any atom is -0.389 e. The summed E-state index contributed by atoms with van der Waals surface area (Å²) in [5.41, 5.74) is 10.7. The molecule has 11 heavy (non-hydrogen) atoms. The van der Waals surface area contributed by atoms with Gasteiger partial charge in [0.1, 0.15) is 6.10 Å². The van der Waals surface area contributed by atoms with Crippen LogP contribution in [0.3, 0.4) is 0 Å². The standard InChI is InChI=1S/C6H14N2O3/c7-1-4-6(10)5(9)3(8)2-11-4/h3-6,9-10H,1-2,7-8H2/t3-,4-,5+,6+/m0/s1. The van der Waals surface area contributed by atoms with Crippen LogP contribution in [0.2, 0.25) is 0 Å². The molecule has 4 atom stereocenters. The molecule has 5 heteroatoms. The first-order valence-electron chi connectivity index (χ1n) is 3.60. The summed E-state index contributed by atoms with van der Waals surface area (Å²) >= 11 is 0. The molecule has 0 radical (unpaired) electrons. The topological polar surface area (TPSA) is 102 Å². The van der Waals surface area contributed by atoms with E-state index in [1.165, 1.54) is 0 Å². The SMILES string of the molecule is NC[C@@H]1OC[C@H](N)[C@@H](O)[C@@H]1O. The molecule has 0 amide bonds. The number of hydrogen-bond acceptors (Lipinski definition) is 5. The zero-order chi connectivity index (χ0) is 8.43. The predicted molar refractivity (Wildman–Crippen MR) is 38.8 cm³/mol. The molecule has 0 spiro atoms. The van der Waals surface area contributed by atoms with Gasteiger partial charge >= 0.3 is 0 Å². The third-order valence-electron chi connectivity index (χ3n) is 1.90. The van der Waals surface area contributed by atoms with Crippen molar-refractivity contribution in [2.75, 3.05) is 13.2 Å². The minimum atomic E-state index is -0.955. The lowest BCUT2D eigenvalue weighted by Gasteiger charge is -2.35. The molecule has 0 unspecified atom stereocenters. The van der Waals surface area contributed by atoms with Gasteiger partial charge in [0.2, 0.25) is 0 Å². The number of aliphatic hydroxyl groups is 2. The molecule has 1 saturated heterocycles. The zero-order valence-corrected chi connectivity index (χ0v) is 6.18. The minimum absolute atomic E-state index is 0.199. The summed E-state index contributed by atoms with van der Waals surface area (Å²) in [5, 5.41) is 18.5. The van der Waals surface area contributed by atoms with E-state index in [9.17, 15) is 10.2 Å². The molecule has 1 aliphatic rings. The van der Waals surface area contributed by atoms with Crippen LogP contribution in [0.15, 0.2) is 0 Å². The zero-order valence-electron chi connectivity index (χ0n) is 6.18. The lowest BCUT2D eigenvalue weighted by atomic mass is 9.99. The van der Waals surface area contributed by atoms with Gasteiger partial charge in [-0.2, -0.15) is 0 Å². The van der Waals surface area contributed by atoms with Gasteiger partial charge < -0.3 is 26.4 Å². The first-order valence-corrected chi connectivity index (χ1v) is 3.60. The van der Waals surface area contributed by atoms with Crippen molar-refractivity contribution in [3.8, 4) is 0 Å². The fourth-order valence-corrected chi connectivity index (χ4v) is 1.11. The first-order chi connectivity index (χ1) is 5.16. The molecular weight excluding hydrogens is 148 g/mol. The molecule has 0 aromatic carbocycles. The van der Waals surface area contributed by atoms with Crippen molar-refractivity contribution in [1.82, 2.24) is 0 Å². The van der Waals surface area contributed by atoms with Crippen molar-refractivity contribution < 1.29 is 14.9 Å². The molecule has 0 saturated carbocycles. The van der Waals surface area contributed by atoms with E-state index < -0.39 is 24.4 Å². The van der Waals surface area contributed by atoms with E-state index in [0.29, 0.717) is 0 Å². The normalized spacial score (nSPS) is 45.8. The molecular formula is C6H14N2O3. The Kier molecular flexibility index (Phi) is 2.80. The van der Waals surface area contributed by atoms with E-state index in [1.807, 2.05) is 0 Å². The van der Waals surface area contributed by atoms with Gasteiger partial charge in [-0.1, -0.05) is 0 Å². The second-order valence-electron chi connectivity index (χ2n) is 2.75.